The molecule has 0 saturated heterocycles. The van der Waals surface area contributed by atoms with Gasteiger partial charge in [-0.3, -0.25) is 0 Å². The number of pyridine rings is 1. The number of benzene rings is 1. The van der Waals surface area contributed by atoms with Crippen LogP contribution in [0.5, 0.6) is 11.6 Å². The van der Waals surface area contributed by atoms with Gasteiger partial charge in [0.1, 0.15) is 10.6 Å². The van der Waals surface area contributed by atoms with E-state index in [9.17, 15) is 26.3 Å². The van der Waals surface area contributed by atoms with E-state index in [-0.39, 0.29) is 11.6 Å². The minimum absolute atomic E-state index is 0.0144. The van der Waals surface area contributed by atoms with E-state index in [1.807, 2.05) is 0 Å². The molecule has 26 heavy (non-hydrogen) atoms. The van der Waals surface area contributed by atoms with Crippen LogP contribution in [0, 0.1) is 0 Å². The second-order valence-corrected chi connectivity index (χ2v) is 6.09. The lowest BCUT2D eigenvalue weighted by Crippen LogP contribution is -2.04. The predicted molar refractivity (Wildman–Crippen MR) is 84.1 cm³/mol. The maximum Gasteiger partial charge on any atom is 0.425 e. The van der Waals surface area contributed by atoms with Gasteiger partial charge in [-0.25, -0.2) is 4.98 Å². The molecule has 0 unspecified atom stereocenters. The largest absolute Gasteiger partial charge is 0.438 e. The molecule has 1 aromatic carbocycles. The molecule has 2 aromatic heterocycles. The number of ether oxygens (including phenoxy) is 1. The molecule has 3 rings (SSSR count). The molecular weight excluding hydrogens is 380 g/mol. The maximum atomic E-state index is 12.6. The number of rotatable bonds is 3. The highest BCUT2D eigenvalue weighted by Crippen LogP contribution is 2.38. The van der Waals surface area contributed by atoms with Crippen LogP contribution >= 0.6 is 11.3 Å². The highest BCUT2D eigenvalue weighted by molar-refractivity contribution is 7.10. The Morgan fingerprint density at radius 2 is 1.54 bits per heavy atom. The molecule has 0 aliphatic heterocycles. The zero-order chi connectivity index (χ0) is 18.9. The van der Waals surface area contributed by atoms with E-state index >= 15 is 0 Å². The van der Waals surface area contributed by atoms with Crippen molar-refractivity contribution in [3.8, 4) is 22.9 Å². The number of halogens is 6. The average molecular weight is 389 g/mol. The summed E-state index contributed by atoms with van der Waals surface area (Å²) in [6.45, 7) is 0. The van der Waals surface area contributed by atoms with Crippen LogP contribution in [0.15, 0.2) is 53.9 Å². The summed E-state index contributed by atoms with van der Waals surface area (Å²) >= 11 is 0.496. The van der Waals surface area contributed by atoms with Gasteiger partial charge in [0.05, 0.1) is 11.3 Å². The van der Waals surface area contributed by atoms with Crippen molar-refractivity contribution < 1.29 is 31.1 Å². The van der Waals surface area contributed by atoms with Gasteiger partial charge in [0.2, 0.25) is 5.88 Å². The third kappa shape index (κ3) is 4.16. The number of alkyl halides is 6. The summed E-state index contributed by atoms with van der Waals surface area (Å²) in [4.78, 5) is 3.32. The van der Waals surface area contributed by atoms with Crippen molar-refractivity contribution in [1.29, 1.82) is 0 Å². The Labute approximate surface area is 147 Å². The Morgan fingerprint density at radius 3 is 2.12 bits per heavy atom. The minimum atomic E-state index is -4.46. The summed E-state index contributed by atoms with van der Waals surface area (Å²) < 4.78 is 80.9. The molecule has 0 amide bonds. The van der Waals surface area contributed by atoms with Gasteiger partial charge in [-0.1, -0.05) is 18.2 Å². The van der Waals surface area contributed by atoms with Crippen molar-refractivity contribution in [2.75, 3.05) is 0 Å². The molecule has 0 atom stereocenters. The van der Waals surface area contributed by atoms with Gasteiger partial charge in [0, 0.05) is 23.1 Å². The van der Waals surface area contributed by atoms with E-state index in [1.54, 1.807) is 12.1 Å². The fraction of sp³-hybridized carbons (Fsp3) is 0.118. The first-order valence-electron chi connectivity index (χ1n) is 7.11. The van der Waals surface area contributed by atoms with Crippen molar-refractivity contribution in [2.24, 2.45) is 0 Å². The van der Waals surface area contributed by atoms with E-state index in [0.717, 1.165) is 18.2 Å². The van der Waals surface area contributed by atoms with Gasteiger partial charge in [0.25, 0.3) is 0 Å². The lowest BCUT2D eigenvalue weighted by atomic mass is 10.1. The van der Waals surface area contributed by atoms with Crippen LogP contribution < -0.4 is 4.74 Å². The first kappa shape index (κ1) is 18.2. The number of aromatic nitrogens is 1. The molecular formula is C17H9F6NOS. The smallest absolute Gasteiger partial charge is 0.425 e. The lowest BCUT2D eigenvalue weighted by molar-refractivity contribution is -0.137. The Kier molecular flexibility index (Phi) is 4.66. The SMILES string of the molecule is FC(F)(F)c1ccc(-c2cccc(Oc3csc(C(F)(F)F)c3)n2)cc1. The van der Waals surface area contributed by atoms with Crippen LogP contribution in [0.3, 0.4) is 0 Å². The molecule has 0 aliphatic carbocycles. The van der Waals surface area contributed by atoms with Crippen molar-refractivity contribution in [2.45, 2.75) is 12.4 Å². The normalized spacial score (nSPS) is 12.2. The Bertz CT molecular complexity index is 899. The maximum absolute atomic E-state index is 12.6. The van der Waals surface area contributed by atoms with Crippen LogP contribution in [0.4, 0.5) is 26.3 Å². The van der Waals surface area contributed by atoms with Crippen LogP contribution in [-0.2, 0) is 12.4 Å². The summed E-state index contributed by atoms with van der Waals surface area (Å²) in [5, 5.41) is 1.20. The van der Waals surface area contributed by atoms with Crippen LogP contribution in [0.1, 0.15) is 10.4 Å². The highest BCUT2D eigenvalue weighted by Gasteiger charge is 2.33. The van der Waals surface area contributed by atoms with E-state index in [2.05, 4.69) is 4.98 Å². The number of hydrogen-bond acceptors (Lipinski definition) is 3. The summed E-state index contributed by atoms with van der Waals surface area (Å²) in [5.41, 5.74) is -0.0288. The summed E-state index contributed by atoms with van der Waals surface area (Å²) in [6, 6.07) is 9.80. The van der Waals surface area contributed by atoms with E-state index in [0.29, 0.717) is 22.6 Å². The first-order chi connectivity index (χ1) is 12.1. The molecule has 0 bridgehead atoms. The number of hydrogen-bond donors (Lipinski definition) is 0. The van der Waals surface area contributed by atoms with Crippen molar-refractivity contribution in [3.63, 3.8) is 0 Å². The fourth-order valence-corrected chi connectivity index (χ4v) is 2.78. The molecule has 0 spiro atoms. The molecule has 0 radical (unpaired) electrons. The Balaban J connectivity index is 1.81. The standard InChI is InChI=1S/C17H9F6NOS/c18-16(19,20)11-6-4-10(5-7-11)13-2-1-3-15(24-13)25-12-8-14(26-9-12)17(21,22)23/h1-9H. The predicted octanol–water partition coefficient (Wildman–Crippen LogP) is 6.64. The van der Waals surface area contributed by atoms with E-state index < -0.39 is 22.8 Å². The third-order valence-corrected chi connectivity index (χ3v) is 4.26. The monoisotopic (exact) mass is 389 g/mol. The average Bonchev–Trinajstić information content (AvgIpc) is 3.03. The van der Waals surface area contributed by atoms with Gasteiger partial charge < -0.3 is 4.74 Å². The molecule has 0 aliphatic rings. The number of nitrogens with zero attached hydrogens (tertiary/aromatic N) is 1. The lowest BCUT2D eigenvalue weighted by Gasteiger charge is -2.08. The first-order valence-corrected chi connectivity index (χ1v) is 7.99. The van der Waals surface area contributed by atoms with Gasteiger partial charge >= 0.3 is 12.4 Å². The molecule has 3 aromatic rings. The minimum Gasteiger partial charge on any atom is -0.438 e. The second kappa shape index (κ2) is 6.64. The van der Waals surface area contributed by atoms with Gasteiger partial charge in [-0.15, -0.1) is 11.3 Å². The summed E-state index contributed by atoms with van der Waals surface area (Å²) in [6.07, 6.45) is -8.89. The molecule has 9 heteroatoms. The quantitative estimate of drug-likeness (QED) is 0.469. The van der Waals surface area contributed by atoms with Crippen LogP contribution in [-0.4, -0.2) is 4.98 Å². The molecule has 2 nitrogen and oxygen atoms in total. The zero-order valence-electron chi connectivity index (χ0n) is 12.7. The highest BCUT2D eigenvalue weighted by atomic mass is 32.1. The summed E-state index contributed by atoms with van der Waals surface area (Å²) in [7, 11) is 0. The van der Waals surface area contributed by atoms with Crippen molar-refractivity contribution >= 4 is 11.3 Å². The van der Waals surface area contributed by atoms with Gasteiger partial charge in [-0.2, -0.15) is 26.3 Å². The molecule has 0 saturated carbocycles. The zero-order valence-corrected chi connectivity index (χ0v) is 13.5. The molecule has 2 heterocycles. The molecule has 0 N–H and O–H groups in total. The second-order valence-electron chi connectivity index (χ2n) is 5.18. The molecule has 136 valence electrons. The topological polar surface area (TPSA) is 22.1 Å². The van der Waals surface area contributed by atoms with E-state index in [1.165, 1.54) is 23.6 Å². The summed E-state index contributed by atoms with van der Waals surface area (Å²) in [5.74, 6) is 0.0216. The van der Waals surface area contributed by atoms with Crippen molar-refractivity contribution in [1.82, 2.24) is 4.98 Å². The van der Waals surface area contributed by atoms with Crippen LogP contribution in [0.25, 0.3) is 11.3 Å². The Hall–Kier alpha value is -2.55. The van der Waals surface area contributed by atoms with Crippen molar-refractivity contribution in [3.05, 3.63) is 64.4 Å². The van der Waals surface area contributed by atoms with Gasteiger partial charge in [0.15, 0.2) is 0 Å². The fourth-order valence-electron chi connectivity index (χ4n) is 2.10. The number of thiophene rings is 1. The van der Waals surface area contributed by atoms with Gasteiger partial charge in [-0.05, 0) is 18.2 Å². The van der Waals surface area contributed by atoms with Crippen LogP contribution in [0.2, 0.25) is 0 Å². The third-order valence-electron chi connectivity index (χ3n) is 3.31. The molecule has 0 fully saturated rings. The Morgan fingerprint density at radius 1 is 0.846 bits per heavy atom. The van der Waals surface area contributed by atoms with E-state index in [4.69, 9.17) is 4.74 Å².